The van der Waals surface area contributed by atoms with Crippen molar-refractivity contribution in [3.05, 3.63) is 29.8 Å². The monoisotopic (exact) mass is 303 g/mol. The van der Waals surface area contributed by atoms with Crippen LogP contribution in [0.2, 0.25) is 0 Å². The van der Waals surface area contributed by atoms with E-state index < -0.39 is 0 Å². The van der Waals surface area contributed by atoms with Gasteiger partial charge in [-0.15, -0.1) is 0 Å². The molecule has 1 spiro atoms. The molecule has 3 heterocycles. The summed E-state index contributed by atoms with van der Waals surface area (Å²) in [5.74, 6) is 0. The molecule has 2 bridgehead atoms. The Morgan fingerprint density at radius 1 is 1.05 bits per heavy atom. The lowest BCUT2D eigenvalue weighted by molar-refractivity contribution is 0.245. The van der Waals surface area contributed by atoms with Gasteiger partial charge in [0.15, 0.2) is 4.90 Å². The van der Waals surface area contributed by atoms with E-state index in [-0.39, 0.29) is 5.41 Å². The maximum atomic E-state index is 5.83. The summed E-state index contributed by atoms with van der Waals surface area (Å²) in [6.45, 7) is 7.94. The van der Waals surface area contributed by atoms with Gasteiger partial charge >= 0.3 is 0 Å². The average Bonchev–Trinajstić information content (AvgIpc) is 3.16. The van der Waals surface area contributed by atoms with Crippen molar-refractivity contribution in [3.63, 3.8) is 0 Å². The van der Waals surface area contributed by atoms with Gasteiger partial charge in [0.05, 0.1) is 6.61 Å². The lowest BCUT2D eigenvalue weighted by Gasteiger charge is -2.37. The summed E-state index contributed by atoms with van der Waals surface area (Å²) in [5.41, 5.74) is 2.04. The second kappa shape index (κ2) is 4.76. The minimum Gasteiger partial charge on any atom is -0.369 e. The summed E-state index contributed by atoms with van der Waals surface area (Å²) < 4.78 is 5.83. The molecule has 0 N–H and O–H groups in total. The van der Waals surface area contributed by atoms with E-state index in [0.717, 1.165) is 17.1 Å². The third kappa shape index (κ3) is 2.55. The molecule has 0 aromatic heterocycles. The zero-order chi connectivity index (χ0) is 14.7. The van der Waals surface area contributed by atoms with E-state index >= 15 is 0 Å². The average molecular weight is 303 g/mol. The number of benzene rings is 1. The van der Waals surface area contributed by atoms with Gasteiger partial charge < -0.3 is 4.74 Å². The van der Waals surface area contributed by atoms with Gasteiger partial charge in [0.2, 0.25) is 0 Å². The molecule has 3 fully saturated rings. The maximum Gasteiger partial charge on any atom is 0.155 e. The van der Waals surface area contributed by atoms with Crippen LogP contribution in [-0.2, 0) is 21.0 Å². The smallest absolute Gasteiger partial charge is 0.155 e. The third-order valence-electron chi connectivity index (χ3n) is 5.51. The number of fused-ring (bicyclic) bond motifs is 2. The molecule has 0 amide bonds. The molecule has 0 aliphatic carbocycles. The Kier molecular flexibility index (Phi) is 3.21. The van der Waals surface area contributed by atoms with Crippen molar-refractivity contribution in [2.24, 2.45) is 0 Å². The van der Waals surface area contributed by atoms with Crippen molar-refractivity contribution >= 4 is 10.9 Å². The van der Waals surface area contributed by atoms with E-state index in [2.05, 4.69) is 45.0 Å². The zero-order valence-corrected chi connectivity index (χ0v) is 14.3. The predicted molar refractivity (Wildman–Crippen MR) is 90.1 cm³/mol. The van der Waals surface area contributed by atoms with Crippen LogP contribution in [0.3, 0.4) is 0 Å². The topological polar surface area (TPSA) is 12.5 Å². The molecular formula is C19H27OS+. The molecular weight excluding hydrogens is 276 g/mol. The fourth-order valence-electron chi connectivity index (χ4n) is 4.23. The highest BCUT2D eigenvalue weighted by Crippen LogP contribution is 2.51. The number of hydrogen-bond donors (Lipinski definition) is 0. The van der Waals surface area contributed by atoms with E-state index in [9.17, 15) is 0 Å². The first-order chi connectivity index (χ1) is 9.97. The van der Waals surface area contributed by atoms with Gasteiger partial charge in [-0.3, -0.25) is 0 Å². The molecule has 3 saturated heterocycles. The van der Waals surface area contributed by atoms with Crippen molar-refractivity contribution < 1.29 is 4.74 Å². The van der Waals surface area contributed by atoms with Crippen LogP contribution in [0.1, 0.15) is 58.4 Å². The van der Waals surface area contributed by atoms with E-state index in [1.54, 1.807) is 4.90 Å². The molecule has 3 aliphatic heterocycles. The SMILES string of the molecule is CC(C)(C)c1ccc([S+]2C3CCCC2CC2(CO2)C3)cc1. The molecule has 21 heavy (non-hydrogen) atoms. The molecule has 2 unspecified atom stereocenters. The Labute approximate surface area is 131 Å². The van der Waals surface area contributed by atoms with Gasteiger partial charge in [-0.25, -0.2) is 0 Å². The Morgan fingerprint density at radius 2 is 1.62 bits per heavy atom. The van der Waals surface area contributed by atoms with E-state index in [1.165, 1.54) is 37.7 Å². The first kappa shape index (κ1) is 14.1. The highest BCUT2D eigenvalue weighted by Gasteiger charge is 2.60. The largest absolute Gasteiger partial charge is 0.369 e. The summed E-state index contributed by atoms with van der Waals surface area (Å²) >= 11 is 0. The van der Waals surface area contributed by atoms with Crippen LogP contribution in [0, 0.1) is 0 Å². The fourth-order valence-corrected chi connectivity index (χ4v) is 7.80. The van der Waals surface area contributed by atoms with Crippen LogP contribution in [0.5, 0.6) is 0 Å². The second-order valence-corrected chi connectivity index (χ2v) is 10.7. The summed E-state index contributed by atoms with van der Waals surface area (Å²) in [4.78, 5) is 1.62. The van der Waals surface area contributed by atoms with E-state index in [4.69, 9.17) is 4.74 Å². The summed E-state index contributed by atoms with van der Waals surface area (Å²) in [6.07, 6.45) is 6.94. The van der Waals surface area contributed by atoms with Crippen LogP contribution in [0.25, 0.3) is 0 Å². The van der Waals surface area contributed by atoms with Crippen molar-refractivity contribution in [2.75, 3.05) is 6.61 Å². The van der Waals surface area contributed by atoms with Crippen molar-refractivity contribution in [1.82, 2.24) is 0 Å². The minimum absolute atomic E-state index is 0.260. The second-order valence-electron chi connectivity index (χ2n) is 8.20. The van der Waals surface area contributed by atoms with Gasteiger partial charge in [-0.2, -0.15) is 0 Å². The maximum absolute atomic E-state index is 5.83. The van der Waals surface area contributed by atoms with Crippen LogP contribution in [0.15, 0.2) is 29.2 Å². The Hall–Kier alpha value is -0.470. The molecule has 3 aliphatic rings. The first-order valence-corrected chi connectivity index (χ1v) is 9.78. The van der Waals surface area contributed by atoms with Gasteiger partial charge in [0.1, 0.15) is 16.1 Å². The van der Waals surface area contributed by atoms with E-state index in [1.807, 2.05) is 0 Å². The third-order valence-corrected chi connectivity index (χ3v) is 8.57. The number of hydrogen-bond acceptors (Lipinski definition) is 1. The fraction of sp³-hybridized carbons (Fsp3) is 0.684. The minimum atomic E-state index is 0.260. The number of ether oxygens (including phenoxy) is 1. The predicted octanol–water partition coefficient (Wildman–Crippen LogP) is 4.45. The molecule has 2 heteroatoms. The van der Waals surface area contributed by atoms with Crippen LogP contribution in [-0.4, -0.2) is 22.7 Å². The molecule has 1 aromatic carbocycles. The van der Waals surface area contributed by atoms with Crippen LogP contribution >= 0.6 is 0 Å². The molecule has 2 atom stereocenters. The standard InChI is InChI=1S/C19H27OS/c1-18(2,3)14-7-9-15(10-8-14)21-16-5-4-6-17(21)12-19(11-16)13-20-19/h7-10,16-17H,4-6,11-13H2,1-3H3/q+1. The Balaban J connectivity index is 1.60. The number of rotatable bonds is 1. The summed E-state index contributed by atoms with van der Waals surface area (Å²) in [5, 5.41) is 1.78. The Morgan fingerprint density at radius 3 is 2.10 bits per heavy atom. The lowest BCUT2D eigenvalue weighted by Crippen LogP contribution is -2.47. The van der Waals surface area contributed by atoms with Gasteiger partial charge in [-0.05, 0) is 42.4 Å². The normalized spacial score (nSPS) is 38.5. The van der Waals surface area contributed by atoms with Crippen LogP contribution < -0.4 is 0 Å². The molecule has 4 rings (SSSR count). The van der Waals surface area contributed by atoms with Crippen molar-refractivity contribution in [1.29, 1.82) is 0 Å². The molecule has 0 saturated carbocycles. The van der Waals surface area contributed by atoms with Gasteiger partial charge in [0.25, 0.3) is 0 Å². The summed E-state index contributed by atoms with van der Waals surface area (Å²) in [7, 11) is 0.475. The molecule has 1 nitrogen and oxygen atoms in total. The van der Waals surface area contributed by atoms with Crippen molar-refractivity contribution in [2.45, 2.75) is 79.3 Å². The summed E-state index contributed by atoms with van der Waals surface area (Å²) in [6, 6.07) is 9.60. The lowest BCUT2D eigenvalue weighted by atomic mass is 9.87. The molecule has 1 aromatic rings. The van der Waals surface area contributed by atoms with Crippen LogP contribution in [0.4, 0.5) is 0 Å². The molecule has 114 valence electrons. The molecule has 0 radical (unpaired) electrons. The zero-order valence-electron chi connectivity index (χ0n) is 13.5. The van der Waals surface area contributed by atoms with Gasteiger partial charge in [0, 0.05) is 23.7 Å². The van der Waals surface area contributed by atoms with E-state index in [0.29, 0.717) is 16.5 Å². The van der Waals surface area contributed by atoms with Crippen molar-refractivity contribution in [3.8, 4) is 0 Å². The highest BCUT2D eigenvalue weighted by molar-refractivity contribution is 7.98. The Bertz CT molecular complexity index is 507. The quantitative estimate of drug-likeness (QED) is 0.552. The van der Waals surface area contributed by atoms with Gasteiger partial charge in [-0.1, -0.05) is 32.9 Å². The first-order valence-electron chi connectivity index (χ1n) is 8.43. The number of epoxide rings is 1. The highest BCUT2D eigenvalue weighted by atomic mass is 32.2.